The van der Waals surface area contributed by atoms with E-state index in [1.165, 1.54) is 60.6 Å². The Morgan fingerprint density at radius 3 is 1.97 bits per heavy atom. The lowest BCUT2D eigenvalue weighted by Crippen LogP contribution is -1.95. The van der Waals surface area contributed by atoms with Gasteiger partial charge in [-0.25, -0.2) is 0 Å². The van der Waals surface area contributed by atoms with Crippen LogP contribution in [0.5, 0.6) is 0 Å². The second-order valence-electron chi connectivity index (χ2n) is 9.13. The molecule has 0 saturated carbocycles. The molecule has 2 nitrogen and oxygen atoms in total. The minimum atomic E-state index is 1.15. The lowest BCUT2D eigenvalue weighted by Gasteiger charge is -2.17. The van der Waals surface area contributed by atoms with Crippen LogP contribution in [0, 0.1) is 0 Å². The molecule has 0 amide bonds. The molecule has 0 aliphatic heterocycles. The first-order valence-corrected chi connectivity index (χ1v) is 12.0. The molecule has 7 aromatic rings. The summed E-state index contributed by atoms with van der Waals surface area (Å²) in [5.74, 6) is 0. The van der Waals surface area contributed by atoms with Crippen LogP contribution in [0.15, 0.2) is 121 Å². The summed E-state index contributed by atoms with van der Waals surface area (Å²) in [5.41, 5.74) is 11.1. The first-order chi connectivity index (χ1) is 17.3. The summed E-state index contributed by atoms with van der Waals surface area (Å²) < 4.78 is 2.37. The number of fused-ring (bicyclic) bond motifs is 4. The van der Waals surface area contributed by atoms with Crippen molar-refractivity contribution in [2.45, 2.75) is 0 Å². The normalized spacial score (nSPS) is 11.6. The van der Waals surface area contributed by atoms with Crippen LogP contribution in [-0.2, 0) is 7.05 Å². The number of aromatic amines is 1. The predicted molar refractivity (Wildman–Crippen MR) is 149 cm³/mol. The van der Waals surface area contributed by atoms with Crippen LogP contribution < -0.4 is 0 Å². The lowest BCUT2D eigenvalue weighted by molar-refractivity contribution is 1.02. The molecule has 2 heteroatoms. The zero-order valence-electron chi connectivity index (χ0n) is 19.5. The third-order valence-corrected chi connectivity index (χ3v) is 7.20. The summed E-state index contributed by atoms with van der Waals surface area (Å²) in [4.78, 5) is 3.51. The van der Waals surface area contributed by atoms with E-state index in [4.69, 9.17) is 0 Å². The first-order valence-electron chi connectivity index (χ1n) is 12.0. The van der Waals surface area contributed by atoms with Crippen LogP contribution in [0.4, 0.5) is 0 Å². The minimum Gasteiger partial charge on any atom is -0.361 e. The van der Waals surface area contributed by atoms with Gasteiger partial charge in [0, 0.05) is 51.6 Å². The van der Waals surface area contributed by atoms with Gasteiger partial charge in [0.1, 0.15) is 0 Å². The summed E-state index contributed by atoms with van der Waals surface area (Å²) in [7, 11) is 2.20. The standard InChI is InChI=1S/C33H24N2/c1-35-30-19-11-9-17-25(30)32-26(22-12-4-2-5-13-22)20-27(28-21-34-29-18-10-8-16-24(28)29)31(33(32)35)23-14-6-3-7-15-23/h2-21,34H,1H3. The molecule has 0 bridgehead atoms. The average molecular weight is 449 g/mol. The van der Waals surface area contributed by atoms with Crippen molar-refractivity contribution in [3.63, 3.8) is 0 Å². The summed E-state index contributed by atoms with van der Waals surface area (Å²) in [6, 6.07) is 41.3. The van der Waals surface area contributed by atoms with E-state index in [9.17, 15) is 0 Å². The lowest BCUT2D eigenvalue weighted by atomic mass is 9.87. The number of H-pyrrole nitrogens is 1. The van der Waals surface area contributed by atoms with E-state index in [1.54, 1.807) is 0 Å². The van der Waals surface area contributed by atoms with E-state index in [0.29, 0.717) is 0 Å². The molecule has 1 N–H and O–H groups in total. The quantitative estimate of drug-likeness (QED) is 0.279. The van der Waals surface area contributed by atoms with E-state index < -0.39 is 0 Å². The Labute approximate surface area is 204 Å². The monoisotopic (exact) mass is 448 g/mol. The van der Waals surface area contributed by atoms with Gasteiger partial charge in [0.2, 0.25) is 0 Å². The van der Waals surface area contributed by atoms with Gasteiger partial charge in [-0.1, -0.05) is 97.1 Å². The largest absolute Gasteiger partial charge is 0.361 e. The van der Waals surface area contributed by atoms with Gasteiger partial charge in [-0.3, -0.25) is 0 Å². The fraction of sp³-hybridized carbons (Fsp3) is 0.0303. The molecule has 2 aromatic heterocycles. The van der Waals surface area contributed by atoms with E-state index in [2.05, 4.69) is 138 Å². The van der Waals surface area contributed by atoms with Gasteiger partial charge in [-0.05, 0) is 40.5 Å². The van der Waals surface area contributed by atoms with Crippen LogP contribution in [0.3, 0.4) is 0 Å². The molecule has 166 valence electrons. The molecule has 0 fully saturated rings. The van der Waals surface area contributed by atoms with Crippen LogP contribution >= 0.6 is 0 Å². The van der Waals surface area contributed by atoms with Crippen molar-refractivity contribution in [2.24, 2.45) is 7.05 Å². The molecule has 2 heterocycles. The number of para-hydroxylation sites is 2. The van der Waals surface area contributed by atoms with Crippen molar-refractivity contribution in [1.29, 1.82) is 0 Å². The molecule has 0 aliphatic rings. The fourth-order valence-electron chi connectivity index (χ4n) is 5.62. The van der Waals surface area contributed by atoms with Gasteiger partial charge < -0.3 is 9.55 Å². The number of nitrogens with one attached hydrogen (secondary N) is 1. The van der Waals surface area contributed by atoms with Crippen LogP contribution in [-0.4, -0.2) is 9.55 Å². The second kappa shape index (κ2) is 7.75. The number of aromatic nitrogens is 2. The second-order valence-corrected chi connectivity index (χ2v) is 9.13. The highest BCUT2D eigenvalue weighted by Crippen LogP contribution is 2.47. The van der Waals surface area contributed by atoms with E-state index in [1.807, 2.05) is 0 Å². The molecule has 35 heavy (non-hydrogen) atoms. The topological polar surface area (TPSA) is 20.7 Å². The van der Waals surface area contributed by atoms with Crippen molar-refractivity contribution in [3.05, 3.63) is 121 Å². The average Bonchev–Trinajstić information content (AvgIpc) is 3.49. The summed E-state index contributed by atoms with van der Waals surface area (Å²) in [5, 5.41) is 3.82. The summed E-state index contributed by atoms with van der Waals surface area (Å²) >= 11 is 0. The summed E-state index contributed by atoms with van der Waals surface area (Å²) in [6.45, 7) is 0. The van der Waals surface area contributed by atoms with Crippen LogP contribution in [0.1, 0.15) is 0 Å². The fourth-order valence-corrected chi connectivity index (χ4v) is 5.62. The van der Waals surface area contributed by atoms with Gasteiger partial charge in [-0.2, -0.15) is 0 Å². The number of aryl methyl sites for hydroxylation is 1. The molecular formula is C33H24N2. The zero-order chi connectivity index (χ0) is 23.4. The maximum absolute atomic E-state index is 3.51. The van der Waals surface area contributed by atoms with Crippen LogP contribution in [0.25, 0.3) is 66.1 Å². The molecule has 0 unspecified atom stereocenters. The Kier molecular flexibility index (Phi) is 4.40. The Hall–Kier alpha value is -4.56. The molecule has 0 atom stereocenters. The smallest absolute Gasteiger partial charge is 0.0581 e. The highest BCUT2D eigenvalue weighted by Gasteiger charge is 2.23. The van der Waals surface area contributed by atoms with E-state index in [-0.39, 0.29) is 0 Å². The Balaban J connectivity index is 1.74. The van der Waals surface area contributed by atoms with Crippen molar-refractivity contribution in [3.8, 4) is 33.4 Å². The third kappa shape index (κ3) is 2.97. The van der Waals surface area contributed by atoms with Gasteiger partial charge in [0.25, 0.3) is 0 Å². The van der Waals surface area contributed by atoms with Crippen molar-refractivity contribution in [1.82, 2.24) is 9.55 Å². The number of nitrogens with zero attached hydrogens (tertiary/aromatic N) is 1. The molecule has 0 saturated heterocycles. The number of rotatable bonds is 3. The van der Waals surface area contributed by atoms with Crippen molar-refractivity contribution in [2.75, 3.05) is 0 Å². The maximum Gasteiger partial charge on any atom is 0.0581 e. The van der Waals surface area contributed by atoms with Crippen LogP contribution in [0.2, 0.25) is 0 Å². The first kappa shape index (κ1) is 19.9. The summed E-state index contributed by atoms with van der Waals surface area (Å²) in [6.07, 6.45) is 2.16. The predicted octanol–water partition coefficient (Wildman–Crippen LogP) is 8.81. The maximum atomic E-state index is 3.51. The molecular weight excluding hydrogens is 424 g/mol. The van der Waals surface area contributed by atoms with Gasteiger partial charge in [0.15, 0.2) is 0 Å². The Bertz CT molecular complexity index is 1840. The molecule has 5 aromatic carbocycles. The molecule has 0 spiro atoms. The zero-order valence-corrected chi connectivity index (χ0v) is 19.5. The van der Waals surface area contributed by atoms with Gasteiger partial charge >= 0.3 is 0 Å². The van der Waals surface area contributed by atoms with E-state index in [0.717, 1.165) is 5.52 Å². The SMILES string of the molecule is Cn1c2ccccc2c2c(-c3ccccc3)cc(-c3c[nH]c4ccccc34)c(-c3ccccc3)c21. The minimum absolute atomic E-state index is 1.15. The van der Waals surface area contributed by atoms with Gasteiger partial charge in [-0.15, -0.1) is 0 Å². The molecule has 0 aliphatic carbocycles. The number of benzene rings is 5. The molecule has 7 rings (SSSR count). The highest BCUT2D eigenvalue weighted by atomic mass is 14.9. The number of hydrogen-bond acceptors (Lipinski definition) is 0. The van der Waals surface area contributed by atoms with Gasteiger partial charge in [0.05, 0.1) is 5.52 Å². The number of hydrogen-bond donors (Lipinski definition) is 1. The highest BCUT2D eigenvalue weighted by molar-refractivity contribution is 6.22. The molecule has 0 radical (unpaired) electrons. The Morgan fingerprint density at radius 2 is 1.20 bits per heavy atom. The Morgan fingerprint density at radius 1 is 0.571 bits per heavy atom. The van der Waals surface area contributed by atoms with Crippen molar-refractivity contribution < 1.29 is 0 Å². The third-order valence-electron chi connectivity index (χ3n) is 7.20. The van der Waals surface area contributed by atoms with Crippen molar-refractivity contribution >= 4 is 32.7 Å². The van der Waals surface area contributed by atoms with E-state index >= 15 is 0 Å².